The normalized spacial score (nSPS) is 27.3. The summed E-state index contributed by atoms with van der Waals surface area (Å²) in [4.78, 5) is 0. The van der Waals surface area contributed by atoms with Crippen molar-refractivity contribution in [2.45, 2.75) is 38.2 Å². The van der Waals surface area contributed by atoms with E-state index in [1.54, 1.807) is 18.2 Å². The Bertz CT molecular complexity index is 438. The van der Waals surface area contributed by atoms with Crippen molar-refractivity contribution in [3.63, 3.8) is 0 Å². The minimum absolute atomic E-state index is 0.245. The summed E-state index contributed by atoms with van der Waals surface area (Å²) in [6.07, 6.45) is 3.68. The van der Waals surface area contributed by atoms with E-state index in [-0.39, 0.29) is 11.6 Å². The number of halogens is 1. The molecule has 0 aliphatic heterocycles. The molecule has 3 N–H and O–H groups in total. The van der Waals surface area contributed by atoms with Gasteiger partial charge in [0.15, 0.2) is 11.6 Å². The molecule has 1 aromatic carbocycles. The zero-order valence-corrected chi connectivity index (χ0v) is 11.4. The Labute approximate surface area is 113 Å². The number of aliphatic hydroxyl groups excluding tert-OH is 1. The molecule has 0 aromatic heterocycles. The van der Waals surface area contributed by atoms with Crippen LogP contribution >= 0.6 is 0 Å². The third kappa shape index (κ3) is 2.74. The summed E-state index contributed by atoms with van der Waals surface area (Å²) in [7, 11) is 1.45. The van der Waals surface area contributed by atoms with Gasteiger partial charge in [0.25, 0.3) is 0 Å². The highest BCUT2D eigenvalue weighted by Gasteiger charge is 2.39. The van der Waals surface area contributed by atoms with Crippen molar-refractivity contribution in [2.75, 3.05) is 13.7 Å². The fourth-order valence-electron chi connectivity index (χ4n) is 3.03. The molecule has 106 valence electrons. The zero-order chi connectivity index (χ0) is 13.9. The van der Waals surface area contributed by atoms with E-state index in [1.807, 2.05) is 0 Å². The highest BCUT2D eigenvalue weighted by Crippen LogP contribution is 2.39. The van der Waals surface area contributed by atoms with E-state index in [0.717, 1.165) is 25.7 Å². The second kappa shape index (κ2) is 5.88. The van der Waals surface area contributed by atoms with Crippen molar-refractivity contribution in [1.82, 2.24) is 0 Å². The lowest BCUT2D eigenvalue weighted by Gasteiger charge is -2.41. The van der Waals surface area contributed by atoms with E-state index in [2.05, 4.69) is 0 Å². The number of benzene rings is 1. The number of methoxy groups -OCH3 is 1. The van der Waals surface area contributed by atoms with Crippen LogP contribution in [0, 0.1) is 11.2 Å². The molecule has 3 nitrogen and oxygen atoms in total. The Morgan fingerprint density at radius 3 is 2.89 bits per heavy atom. The molecule has 1 aromatic rings. The minimum Gasteiger partial charge on any atom is -0.494 e. The molecule has 2 unspecified atom stereocenters. The molecular weight excluding hydrogens is 245 g/mol. The van der Waals surface area contributed by atoms with Crippen molar-refractivity contribution in [3.8, 4) is 5.75 Å². The van der Waals surface area contributed by atoms with Crippen LogP contribution in [0.2, 0.25) is 0 Å². The summed E-state index contributed by atoms with van der Waals surface area (Å²) in [6, 6.07) is 5.12. The summed E-state index contributed by atoms with van der Waals surface area (Å²) in [5.74, 6) is -0.0921. The van der Waals surface area contributed by atoms with E-state index >= 15 is 0 Å². The van der Waals surface area contributed by atoms with Gasteiger partial charge in [-0.05, 0) is 30.9 Å². The largest absolute Gasteiger partial charge is 0.494 e. The molecule has 19 heavy (non-hydrogen) atoms. The van der Waals surface area contributed by atoms with Crippen LogP contribution in [0.25, 0.3) is 0 Å². The van der Waals surface area contributed by atoms with E-state index in [1.165, 1.54) is 7.11 Å². The number of rotatable bonds is 4. The third-order valence-corrected chi connectivity index (χ3v) is 4.32. The number of ether oxygens (including phenoxy) is 1. The van der Waals surface area contributed by atoms with Crippen molar-refractivity contribution in [3.05, 3.63) is 29.6 Å². The number of nitrogens with two attached hydrogens (primary N) is 1. The van der Waals surface area contributed by atoms with Crippen LogP contribution in [0.4, 0.5) is 4.39 Å². The van der Waals surface area contributed by atoms with Gasteiger partial charge in [-0.3, -0.25) is 0 Å². The second-order valence-corrected chi connectivity index (χ2v) is 5.44. The quantitative estimate of drug-likeness (QED) is 0.879. The molecular formula is C15H22FNO2. The fourth-order valence-corrected chi connectivity index (χ4v) is 3.03. The predicted octanol–water partition coefficient (Wildman–Crippen LogP) is 2.26. The summed E-state index contributed by atoms with van der Waals surface area (Å²) < 4.78 is 19.2. The van der Waals surface area contributed by atoms with E-state index < -0.39 is 11.5 Å². The summed E-state index contributed by atoms with van der Waals surface area (Å²) in [6.45, 7) is 0.380. The first kappa shape index (κ1) is 14.3. The van der Waals surface area contributed by atoms with Crippen molar-refractivity contribution < 1.29 is 14.2 Å². The lowest BCUT2D eigenvalue weighted by Crippen LogP contribution is -2.45. The number of aliphatic hydroxyl groups is 1. The van der Waals surface area contributed by atoms with Gasteiger partial charge in [0, 0.05) is 12.0 Å². The lowest BCUT2D eigenvalue weighted by molar-refractivity contribution is -0.00636. The summed E-state index contributed by atoms with van der Waals surface area (Å²) >= 11 is 0. The van der Waals surface area contributed by atoms with Gasteiger partial charge in [0.1, 0.15) is 0 Å². The summed E-state index contributed by atoms with van der Waals surface area (Å²) in [5, 5.41) is 10.3. The first-order chi connectivity index (χ1) is 9.13. The van der Waals surface area contributed by atoms with Crippen molar-refractivity contribution >= 4 is 0 Å². The SMILES string of the molecule is COc1cccc(CC2(CN)CCCCC2O)c1F. The maximum atomic E-state index is 14.2. The minimum atomic E-state index is -0.447. The van der Waals surface area contributed by atoms with Gasteiger partial charge in [-0.15, -0.1) is 0 Å². The molecule has 1 aliphatic carbocycles. The van der Waals surface area contributed by atoms with Crippen LogP contribution < -0.4 is 10.5 Å². The van der Waals surface area contributed by atoms with Crippen molar-refractivity contribution in [1.29, 1.82) is 0 Å². The van der Waals surface area contributed by atoms with E-state index in [9.17, 15) is 9.50 Å². The standard InChI is InChI=1S/C15H22FNO2/c1-19-12-6-4-5-11(14(12)16)9-15(10-17)8-3-2-7-13(15)18/h4-6,13,18H,2-3,7-10,17H2,1H3. The maximum Gasteiger partial charge on any atom is 0.168 e. The molecule has 0 radical (unpaired) electrons. The molecule has 2 rings (SSSR count). The monoisotopic (exact) mass is 267 g/mol. The molecule has 0 bridgehead atoms. The topological polar surface area (TPSA) is 55.5 Å². The summed E-state index contributed by atoms with van der Waals surface area (Å²) in [5.41, 5.74) is 6.06. The van der Waals surface area contributed by atoms with Crippen LogP contribution in [0.5, 0.6) is 5.75 Å². The molecule has 1 saturated carbocycles. The molecule has 0 heterocycles. The number of hydrogen-bond acceptors (Lipinski definition) is 3. The molecule has 4 heteroatoms. The van der Waals surface area contributed by atoms with Crippen LogP contribution in [0.3, 0.4) is 0 Å². The lowest BCUT2D eigenvalue weighted by atomic mass is 9.68. The highest BCUT2D eigenvalue weighted by atomic mass is 19.1. The molecule has 0 saturated heterocycles. The Kier molecular flexibility index (Phi) is 4.42. The third-order valence-electron chi connectivity index (χ3n) is 4.32. The average molecular weight is 267 g/mol. The average Bonchev–Trinajstić information content (AvgIpc) is 2.44. The first-order valence-corrected chi connectivity index (χ1v) is 6.82. The molecule has 0 amide bonds. The molecule has 2 atom stereocenters. The molecule has 1 aliphatic rings. The maximum absolute atomic E-state index is 14.2. The molecule has 1 fully saturated rings. The molecule has 0 spiro atoms. The smallest absolute Gasteiger partial charge is 0.168 e. The van der Waals surface area contributed by atoms with Gasteiger partial charge in [-0.1, -0.05) is 25.0 Å². The highest BCUT2D eigenvalue weighted by molar-refractivity contribution is 5.32. The van der Waals surface area contributed by atoms with Crippen LogP contribution in [0.15, 0.2) is 18.2 Å². The fraction of sp³-hybridized carbons (Fsp3) is 0.600. The van der Waals surface area contributed by atoms with Gasteiger partial charge in [-0.25, -0.2) is 4.39 Å². The van der Waals surface area contributed by atoms with Gasteiger partial charge in [-0.2, -0.15) is 0 Å². The van der Waals surface area contributed by atoms with Crippen molar-refractivity contribution in [2.24, 2.45) is 11.1 Å². The number of hydrogen-bond donors (Lipinski definition) is 2. The second-order valence-electron chi connectivity index (χ2n) is 5.44. The Hall–Kier alpha value is -1.13. The zero-order valence-electron chi connectivity index (χ0n) is 11.4. The van der Waals surface area contributed by atoms with Gasteiger partial charge in [0.2, 0.25) is 0 Å². The predicted molar refractivity (Wildman–Crippen MR) is 72.6 cm³/mol. The van der Waals surface area contributed by atoms with Crippen LogP contribution in [0.1, 0.15) is 31.2 Å². The van der Waals surface area contributed by atoms with E-state index in [0.29, 0.717) is 18.5 Å². The first-order valence-electron chi connectivity index (χ1n) is 6.82. The Balaban J connectivity index is 2.27. The Morgan fingerprint density at radius 2 is 2.26 bits per heavy atom. The van der Waals surface area contributed by atoms with Crippen LogP contribution in [-0.2, 0) is 6.42 Å². The van der Waals surface area contributed by atoms with Gasteiger partial charge < -0.3 is 15.6 Å². The van der Waals surface area contributed by atoms with E-state index in [4.69, 9.17) is 10.5 Å². The van der Waals surface area contributed by atoms with Crippen LogP contribution in [-0.4, -0.2) is 24.9 Å². The Morgan fingerprint density at radius 1 is 1.47 bits per heavy atom. The van der Waals surface area contributed by atoms with Gasteiger partial charge in [0.05, 0.1) is 13.2 Å². The van der Waals surface area contributed by atoms with Gasteiger partial charge >= 0.3 is 0 Å².